The highest BCUT2D eigenvalue weighted by molar-refractivity contribution is 5.30. The average Bonchev–Trinajstić information content (AvgIpc) is 2.26. The summed E-state index contributed by atoms with van der Waals surface area (Å²) in [5.41, 5.74) is 3.10. The van der Waals surface area contributed by atoms with Crippen LogP contribution in [0.25, 0.3) is 0 Å². The van der Waals surface area contributed by atoms with Gasteiger partial charge in [0.2, 0.25) is 0 Å². The second-order valence-corrected chi connectivity index (χ2v) is 5.01. The summed E-state index contributed by atoms with van der Waals surface area (Å²) in [6.45, 7) is 5.68. The fraction of sp³-hybridized carbons (Fsp3) is 0.571. The van der Waals surface area contributed by atoms with Crippen molar-refractivity contribution in [2.75, 3.05) is 6.54 Å². The molecule has 0 aliphatic heterocycles. The number of hydrogen-bond donors (Lipinski definition) is 1. The minimum absolute atomic E-state index is 0.697. The van der Waals surface area contributed by atoms with E-state index < -0.39 is 0 Å². The Kier molecular flexibility index (Phi) is 3.42. The molecule has 15 heavy (non-hydrogen) atoms. The summed E-state index contributed by atoms with van der Waals surface area (Å²) in [4.78, 5) is 0. The van der Waals surface area contributed by atoms with Crippen molar-refractivity contribution in [2.45, 2.75) is 39.2 Å². The first-order valence-electron chi connectivity index (χ1n) is 6.06. The minimum atomic E-state index is 0.697. The predicted octanol–water partition coefficient (Wildman–Crippen LogP) is 2.79. The molecule has 1 aliphatic rings. The topological polar surface area (TPSA) is 12.0 Å². The van der Waals surface area contributed by atoms with Gasteiger partial charge in [0.15, 0.2) is 0 Å². The Morgan fingerprint density at radius 3 is 2.73 bits per heavy atom. The molecule has 1 aromatic rings. The smallest absolute Gasteiger partial charge is 0.0111 e. The van der Waals surface area contributed by atoms with Gasteiger partial charge in [-0.2, -0.15) is 0 Å². The minimum Gasteiger partial charge on any atom is -0.313 e. The van der Waals surface area contributed by atoms with E-state index in [1.165, 1.54) is 19.3 Å². The van der Waals surface area contributed by atoms with E-state index in [1.54, 1.807) is 11.1 Å². The Balaban J connectivity index is 1.94. The molecule has 0 amide bonds. The molecule has 1 N–H and O–H groups in total. The van der Waals surface area contributed by atoms with E-state index in [0.717, 1.165) is 12.5 Å². The van der Waals surface area contributed by atoms with Crippen molar-refractivity contribution in [1.82, 2.24) is 5.32 Å². The quantitative estimate of drug-likeness (QED) is 0.796. The fourth-order valence-corrected chi connectivity index (χ4v) is 2.27. The third-order valence-electron chi connectivity index (χ3n) is 3.16. The maximum absolute atomic E-state index is 3.66. The van der Waals surface area contributed by atoms with Crippen LogP contribution in [0.1, 0.15) is 31.4 Å². The van der Waals surface area contributed by atoms with Crippen LogP contribution in [-0.2, 0) is 12.8 Å². The number of rotatable bonds is 3. The molecule has 0 radical (unpaired) electrons. The van der Waals surface area contributed by atoms with Crippen molar-refractivity contribution in [3.05, 3.63) is 35.4 Å². The van der Waals surface area contributed by atoms with Gasteiger partial charge in [-0.1, -0.05) is 38.1 Å². The Morgan fingerprint density at radius 1 is 1.27 bits per heavy atom. The number of nitrogens with one attached hydrogen (secondary N) is 1. The molecule has 82 valence electrons. The Bertz CT molecular complexity index is 317. The van der Waals surface area contributed by atoms with Gasteiger partial charge in [0, 0.05) is 6.04 Å². The van der Waals surface area contributed by atoms with Gasteiger partial charge in [-0.15, -0.1) is 0 Å². The molecule has 2 rings (SSSR count). The van der Waals surface area contributed by atoms with Crippen molar-refractivity contribution >= 4 is 0 Å². The van der Waals surface area contributed by atoms with Crippen LogP contribution in [0.15, 0.2) is 24.3 Å². The van der Waals surface area contributed by atoms with Crippen molar-refractivity contribution in [3.63, 3.8) is 0 Å². The van der Waals surface area contributed by atoms with E-state index in [9.17, 15) is 0 Å². The van der Waals surface area contributed by atoms with Crippen LogP contribution < -0.4 is 5.32 Å². The summed E-state index contributed by atoms with van der Waals surface area (Å²) in [5.74, 6) is 0.752. The lowest BCUT2D eigenvalue weighted by molar-refractivity contribution is 0.425. The zero-order chi connectivity index (χ0) is 10.7. The highest BCUT2D eigenvalue weighted by Crippen LogP contribution is 2.20. The summed E-state index contributed by atoms with van der Waals surface area (Å²) >= 11 is 0. The van der Waals surface area contributed by atoms with E-state index in [0.29, 0.717) is 6.04 Å². The first-order valence-corrected chi connectivity index (χ1v) is 6.06. The van der Waals surface area contributed by atoms with Gasteiger partial charge in [0.05, 0.1) is 0 Å². The lowest BCUT2D eigenvalue weighted by Gasteiger charge is -2.26. The zero-order valence-electron chi connectivity index (χ0n) is 9.79. The molecule has 0 unspecified atom stereocenters. The fourth-order valence-electron chi connectivity index (χ4n) is 2.27. The van der Waals surface area contributed by atoms with E-state index in [-0.39, 0.29) is 0 Å². The van der Waals surface area contributed by atoms with Crippen molar-refractivity contribution in [3.8, 4) is 0 Å². The summed E-state index contributed by atoms with van der Waals surface area (Å²) < 4.78 is 0. The number of benzene rings is 1. The van der Waals surface area contributed by atoms with Crippen LogP contribution >= 0.6 is 0 Å². The Hall–Kier alpha value is -0.820. The summed E-state index contributed by atoms with van der Waals surface area (Å²) in [7, 11) is 0. The second kappa shape index (κ2) is 4.80. The highest BCUT2D eigenvalue weighted by atomic mass is 14.9. The lowest BCUT2D eigenvalue weighted by atomic mass is 9.88. The SMILES string of the molecule is CC(C)CN[C@H]1CCc2ccccc2C1. The van der Waals surface area contributed by atoms with E-state index >= 15 is 0 Å². The van der Waals surface area contributed by atoms with Gasteiger partial charge >= 0.3 is 0 Å². The second-order valence-electron chi connectivity index (χ2n) is 5.01. The van der Waals surface area contributed by atoms with Crippen LogP contribution in [0.2, 0.25) is 0 Å². The van der Waals surface area contributed by atoms with Gasteiger partial charge < -0.3 is 5.32 Å². The van der Waals surface area contributed by atoms with Gasteiger partial charge in [-0.05, 0) is 42.9 Å². The number of fused-ring (bicyclic) bond motifs is 1. The first kappa shape index (κ1) is 10.7. The Labute approximate surface area is 92.9 Å². The van der Waals surface area contributed by atoms with Gasteiger partial charge in [0.1, 0.15) is 0 Å². The lowest BCUT2D eigenvalue weighted by Crippen LogP contribution is -2.36. The van der Waals surface area contributed by atoms with E-state index in [4.69, 9.17) is 0 Å². The monoisotopic (exact) mass is 203 g/mol. The highest BCUT2D eigenvalue weighted by Gasteiger charge is 2.17. The first-order chi connectivity index (χ1) is 7.25. The largest absolute Gasteiger partial charge is 0.313 e. The third kappa shape index (κ3) is 2.82. The van der Waals surface area contributed by atoms with Crippen molar-refractivity contribution < 1.29 is 0 Å². The molecule has 0 bridgehead atoms. The molecule has 1 aromatic carbocycles. The zero-order valence-corrected chi connectivity index (χ0v) is 9.79. The maximum Gasteiger partial charge on any atom is 0.0111 e. The van der Waals surface area contributed by atoms with E-state index in [1.807, 2.05) is 0 Å². The number of hydrogen-bond acceptors (Lipinski definition) is 1. The maximum atomic E-state index is 3.66. The molecule has 0 fully saturated rings. The molecule has 0 saturated carbocycles. The summed E-state index contributed by atoms with van der Waals surface area (Å²) in [6.07, 6.45) is 3.75. The van der Waals surface area contributed by atoms with Gasteiger partial charge in [0.25, 0.3) is 0 Å². The Morgan fingerprint density at radius 2 is 2.00 bits per heavy atom. The standard InChI is InChI=1S/C14H21N/c1-11(2)10-15-14-8-7-12-5-3-4-6-13(12)9-14/h3-6,11,14-15H,7-10H2,1-2H3/t14-/m0/s1. The van der Waals surface area contributed by atoms with E-state index in [2.05, 4.69) is 43.4 Å². The molecule has 0 aromatic heterocycles. The molecule has 1 aliphatic carbocycles. The van der Waals surface area contributed by atoms with Crippen LogP contribution in [0.5, 0.6) is 0 Å². The average molecular weight is 203 g/mol. The van der Waals surface area contributed by atoms with Crippen LogP contribution in [-0.4, -0.2) is 12.6 Å². The van der Waals surface area contributed by atoms with Crippen LogP contribution in [0.3, 0.4) is 0 Å². The molecule has 1 heteroatoms. The van der Waals surface area contributed by atoms with Crippen molar-refractivity contribution in [1.29, 1.82) is 0 Å². The van der Waals surface area contributed by atoms with Crippen molar-refractivity contribution in [2.24, 2.45) is 5.92 Å². The molecule has 1 atom stereocenters. The summed E-state index contributed by atoms with van der Waals surface area (Å²) in [5, 5.41) is 3.66. The normalized spacial score (nSPS) is 20.3. The van der Waals surface area contributed by atoms with Crippen LogP contribution in [0.4, 0.5) is 0 Å². The predicted molar refractivity (Wildman–Crippen MR) is 65.1 cm³/mol. The van der Waals surface area contributed by atoms with Gasteiger partial charge in [-0.3, -0.25) is 0 Å². The number of aryl methyl sites for hydroxylation is 1. The molecule has 0 heterocycles. The summed E-state index contributed by atoms with van der Waals surface area (Å²) in [6, 6.07) is 9.55. The molecule has 0 saturated heterocycles. The van der Waals surface area contributed by atoms with Crippen LogP contribution in [0, 0.1) is 5.92 Å². The molecular weight excluding hydrogens is 182 g/mol. The molecule has 0 spiro atoms. The third-order valence-corrected chi connectivity index (χ3v) is 3.16. The molecule has 1 nitrogen and oxygen atoms in total. The molecular formula is C14H21N. The van der Waals surface area contributed by atoms with Gasteiger partial charge in [-0.25, -0.2) is 0 Å².